The number of terminal acetylenes is 1. The molecule has 0 bridgehead atoms. The van der Waals surface area contributed by atoms with Crippen molar-refractivity contribution >= 4 is 39.6 Å². The van der Waals surface area contributed by atoms with E-state index in [0.29, 0.717) is 22.1 Å². The Labute approximate surface area is 171 Å². The first-order chi connectivity index (χ1) is 13.4. The third kappa shape index (κ3) is 4.13. The second kappa shape index (κ2) is 8.11. The minimum absolute atomic E-state index is 0.249. The van der Waals surface area contributed by atoms with Crippen molar-refractivity contribution in [3.8, 4) is 24.0 Å². The van der Waals surface area contributed by atoms with Gasteiger partial charge in [0.15, 0.2) is 0 Å². The highest BCUT2D eigenvalue weighted by atomic mass is 79.9. The predicted octanol–water partition coefficient (Wildman–Crippen LogP) is 4.95. The number of aromatic nitrogens is 2. The number of hydrogen-bond donors (Lipinski definition) is 3. The Balaban J connectivity index is 1.94. The lowest BCUT2D eigenvalue weighted by Crippen LogP contribution is -2.04. The van der Waals surface area contributed by atoms with Gasteiger partial charge in [0.1, 0.15) is 16.0 Å². The van der Waals surface area contributed by atoms with Crippen LogP contribution in [0, 0.1) is 31.6 Å². The zero-order chi connectivity index (χ0) is 20.3. The third-order valence-corrected chi connectivity index (χ3v) is 4.75. The monoisotopic (exact) mass is 435 g/mol. The molecule has 1 heterocycles. The van der Waals surface area contributed by atoms with Gasteiger partial charge < -0.3 is 21.2 Å². The maximum Gasteiger partial charge on any atom is 0.240 e. The smallest absolute Gasteiger partial charge is 0.240 e. The van der Waals surface area contributed by atoms with Gasteiger partial charge in [-0.3, -0.25) is 0 Å². The van der Waals surface area contributed by atoms with E-state index in [1.54, 1.807) is 0 Å². The molecule has 0 saturated heterocycles. The molecule has 0 atom stereocenters. The minimum atomic E-state index is 0.249. The number of nitrogens with zero attached hydrogens (tertiary/aromatic N) is 2. The first kappa shape index (κ1) is 19.4. The van der Waals surface area contributed by atoms with Crippen LogP contribution in [0.15, 0.2) is 40.9 Å². The number of halogens is 1. The Hall–Kier alpha value is -3.37. The maximum absolute atomic E-state index is 7.42. The van der Waals surface area contributed by atoms with E-state index >= 15 is 0 Å². The van der Waals surface area contributed by atoms with Gasteiger partial charge in [-0.05, 0) is 82.9 Å². The van der Waals surface area contributed by atoms with Crippen molar-refractivity contribution in [1.82, 2.24) is 9.97 Å². The summed E-state index contributed by atoms with van der Waals surface area (Å²) in [6, 6.07) is 11.1. The molecule has 0 spiro atoms. The highest BCUT2D eigenvalue weighted by Gasteiger charge is 2.15. The van der Waals surface area contributed by atoms with Gasteiger partial charge in [-0.2, -0.15) is 9.97 Å². The SMILES string of the molecule is C#Cc1ccc(Nc2nc(N)c(Br)c(Oc3c(C)cc(C=N)cc3C)n2)cc1. The molecule has 3 aromatic rings. The summed E-state index contributed by atoms with van der Waals surface area (Å²) in [6.45, 7) is 3.83. The summed E-state index contributed by atoms with van der Waals surface area (Å²) in [7, 11) is 0. The lowest BCUT2D eigenvalue weighted by molar-refractivity contribution is 0.453. The number of anilines is 3. The van der Waals surface area contributed by atoms with E-state index in [2.05, 4.69) is 37.1 Å². The van der Waals surface area contributed by atoms with Crippen LogP contribution in [0.5, 0.6) is 11.6 Å². The molecule has 28 heavy (non-hydrogen) atoms. The molecule has 0 aliphatic rings. The summed E-state index contributed by atoms with van der Waals surface area (Å²) >= 11 is 3.39. The molecule has 140 valence electrons. The molecule has 0 aliphatic carbocycles. The molecule has 0 fully saturated rings. The van der Waals surface area contributed by atoms with E-state index in [1.165, 1.54) is 6.21 Å². The van der Waals surface area contributed by atoms with E-state index in [1.807, 2.05) is 50.2 Å². The first-order valence-corrected chi connectivity index (χ1v) is 9.17. The van der Waals surface area contributed by atoms with Crippen LogP contribution >= 0.6 is 15.9 Å². The van der Waals surface area contributed by atoms with Gasteiger partial charge in [-0.1, -0.05) is 5.92 Å². The Morgan fingerprint density at radius 2 is 1.82 bits per heavy atom. The van der Waals surface area contributed by atoms with Crippen molar-refractivity contribution in [3.05, 3.63) is 63.1 Å². The zero-order valence-electron chi connectivity index (χ0n) is 15.4. The number of nitrogens with two attached hydrogens (primary N) is 1. The van der Waals surface area contributed by atoms with Crippen molar-refractivity contribution in [1.29, 1.82) is 5.41 Å². The van der Waals surface area contributed by atoms with E-state index in [4.69, 9.17) is 22.3 Å². The fourth-order valence-corrected chi connectivity index (χ4v) is 2.93. The van der Waals surface area contributed by atoms with E-state index < -0.39 is 0 Å². The molecule has 0 saturated carbocycles. The second-order valence-electron chi connectivity index (χ2n) is 6.13. The lowest BCUT2D eigenvalue weighted by atomic mass is 10.1. The van der Waals surface area contributed by atoms with Crippen LogP contribution in [0.3, 0.4) is 0 Å². The molecular weight excluding hydrogens is 418 g/mol. The first-order valence-electron chi connectivity index (χ1n) is 8.37. The highest BCUT2D eigenvalue weighted by Crippen LogP contribution is 2.36. The molecule has 6 nitrogen and oxygen atoms in total. The molecule has 0 radical (unpaired) electrons. The number of nitrogen functional groups attached to an aromatic ring is 1. The summed E-state index contributed by atoms with van der Waals surface area (Å²) in [5, 5.41) is 10.5. The molecule has 0 unspecified atom stereocenters. The van der Waals surface area contributed by atoms with Crippen molar-refractivity contribution in [2.24, 2.45) is 0 Å². The fraction of sp³-hybridized carbons (Fsp3) is 0.0952. The Kier molecular flexibility index (Phi) is 5.62. The average Bonchev–Trinajstić information content (AvgIpc) is 2.68. The molecular formula is C21H18BrN5O. The van der Waals surface area contributed by atoms with Crippen LogP contribution in [0.2, 0.25) is 0 Å². The van der Waals surface area contributed by atoms with Gasteiger partial charge in [0.05, 0.1) is 0 Å². The van der Waals surface area contributed by atoms with Crippen molar-refractivity contribution in [2.45, 2.75) is 13.8 Å². The molecule has 4 N–H and O–H groups in total. The Morgan fingerprint density at radius 1 is 1.18 bits per heavy atom. The zero-order valence-corrected chi connectivity index (χ0v) is 17.0. The summed E-state index contributed by atoms with van der Waals surface area (Å²) in [4.78, 5) is 8.68. The van der Waals surface area contributed by atoms with Crippen LogP contribution in [0.1, 0.15) is 22.3 Å². The fourth-order valence-electron chi connectivity index (χ4n) is 2.67. The normalized spacial score (nSPS) is 10.2. The number of nitrogens with one attached hydrogen (secondary N) is 2. The number of aryl methyl sites for hydroxylation is 2. The average molecular weight is 436 g/mol. The Morgan fingerprint density at radius 3 is 2.39 bits per heavy atom. The second-order valence-corrected chi connectivity index (χ2v) is 6.92. The summed E-state index contributed by atoms with van der Waals surface area (Å²) in [6.07, 6.45) is 6.68. The quantitative estimate of drug-likeness (QED) is 0.388. The summed E-state index contributed by atoms with van der Waals surface area (Å²) in [5.41, 5.74) is 10.2. The Bertz CT molecular complexity index is 1060. The van der Waals surface area contributed by atoms with Crippen LogP contribution in [-0.4, -0.2) is 16.2 Å². The van der Waals surface area contributed by atoms with Gasteiger partial charge in [0, 0.05) is 17.5 Å². The highest BCUT2D eigenvalue weighted by molar-refractivity contribution is 9.10. The van der Waals surface area contributed by atoms with Crippen molar-refractivity contribution < 1.29 is 4.74 Å². The van der Waals surface area contributed by atoms with Gasteiger partial charge in [-0.15, -0.1) is 6.42 Å². The van der Waals surface area contributed by atoms with Crippen molar-refractivity contribution in [3.63, 3.8) is 0 Å². The van der Waals surface area contributed by atoms with Gasteiger partial charge in [0.2, 0.25) is 11.8 Å². The standard InChI is InChI=1S/C21H18BrN5O/c1-4-14-5-7-16(8-6-14)25-21-26-19(24)17(22)20(27-21)28-18-12(2)9-15(11-23)10-13(18)3/h1,5-11,23H,2-3H3,(H3,24,25,26,27). The number of hydrogen-bond acceptors (Lipinski definition) is 6. The van der Waals surface area contributed by atoms with Gasteiger partial charge in [-0.25, -0.2) is 0 Å². The molecule has 0 aliphatic heterocycles. The van der Waals surface area contributed by atoms with Crippen LogP contribution in [0.4, 0.5) is 17.5 Å². The number of ether oxygens (including phenoxy) is 1. The topological polar surface area (TPSA) is 96.9 Å². The van der Waals surface area contributed by atoms with E-state index in [9.17, 15) is 0 Å². The predicted molar refractivity (Wildman–Crippen MR) is 116 cm³/mol. The maximum atomic E-state index is 7.42. The minimum Gasteiger partial charge on any atom is -0.437 e. The number of benzene rings is 2. The van der Waals surface area contributed by atoms with Gasteiger partial charge in [0.25, 0.3) is 0 Å². The largest absolute Gasteiger partial charge is 0.437 e. The third-order valence-electron chi connectivity index (χ3n) is 4.00. The molecule has 0 amide bonds. The van der Waals surface area contributed by atoms with Crippen LogP contribution in [-0.2, 0) is 0 Å². The van der Waals surface area contributed by atoms with E-state index in [-0.39, 0.29) is 5.82 Å². The summed E-state index contributed by atoms with van der Waals surface area (Å²) < 4.78 is 6.51. The molecule has 7 heteroatoms. The molecule has 3 rings (SSSR count). The van der Waals surface area contributed by atoms with Crippen LogP contribution in [0.25, 0.3) is 0 Å². The molecule has 1 aromatic heterocycles. The number of rotatable bonds is 5. The van der Waals surface area contributed by atoms with E-state index in [0.717, 1.165) is 27.9 Å². The molecule has 2 aromatic carbocycles. The van der Waals surface area contributed by atoms with Crippen molar-refractivity contribution in [2.75, 3.05) is 11.1 Å². The van der Waals surface area contributed by atoms with Crippen LogP contribution < -0.4 is 15.8 Å². The lowest BCUT2D eigenvalue weighted by Gasteiger charge is -2.15. The van der Waals surface area contributed by atoms with Gasteiger partial charge >= 0.3 is 0 Å². The summed E-state index contributed by atoms with van der Waals surface area (Å²) in [5.74, 6) is 4.08.